The smallest absolute Gasteiger partial charge is 0.243 e. The predicted molar refractivity (Wildman–Crippen MR) is 124 cm³/mol. The van der Waals surface area contributed by atoms with Gasteiger partial charge in [0.15, 0.2) is 11.6 Å². The Bertz CT molecular complexity index is 1110. The molecule has 0 radical (unpaired) electrons. The third-order valence-corrected chi connectivity index (χ3v) is 6.24. The van der Waals surface area contributed by atoms with E-state index in [2.05, 4.69) is 32.0 Å². The topological polar surface area (TPSA) is 66.3 Å². The lowest BCUT2D eigenvalue weighted by Gasteiger charge is -2.34. The molecule has 1 N–H and O–H groups in total. The van der Waals surface area contributed by atoms with Crippen LogP contribution in [-0.4, -0.2) is 58.1 Å². The maximum atomic E-state index is 13.8. The Morgan fingerprint density at radius 2 is 1.82 bits per heavy atom. The summed E-state index contributed by atoms with van der Waals surface area (Å²) in [4.78, 5) is 26.5. The number of rotatable bonds is 7. The molecule has 0 aliphatic carbocycles. The minimum absolute atomic E-state index is 0.0854. The summed E-state index contributed by atoms with van der Waals surface area (Å²) in [6.07, 6.45) is 3.25. The minimum Gasteiger partial charge on any atom is -0.354 e. The van der Waals surface area contributed by atoms with E-state index in [1.54, 1.807) is 10.8 Å². The Morgan fingerprint density at radius 1 is 1.09 bits per heavy atom. The third kappa shape index (κ3) is 4.98. The van der Waals surface area contributed by atoms with Crippen LogP contribution in [0.3, 0.4) is 0 Å². The zero-order valence-electron chi connectivity index (χ0n) is 19.3. The van der Waals surface area contributed by atoms with Crippen LogP contribution in [0.1, 0.15) is 32.4 Å². The fourth-order valence-corrected chi connectivity index (χ4v) is 4.29. The lowest BCUT2D eigenvalue weighted by atomic mass is 10.0. The quantitative estimate of drug-likeness (QED) is 0.591. The summed E-state index contributed by atoms with van der Waals surface area (Å²) in [5, 5.41) is 2.96. The van der Waals surface area contributed by atoms with Gasteiger partial charge in [-0.15, -0.1) is 0 Å². The van der Waals surface area contributed by atoms with Crippen LogP contribution in [0.15, 0.2) is 36.8 Å². The number of nitrogens with one attached hydrogen (secondary N) is 1. The van der Waals surface area contributed by atoms with Crippen LogP contribution in [0, 0.1) is 17.6 Å². The second-order valence-corrected chi connectivity index (χ2v) is 8.76. The van der Waals surface area contributed by atoms with Crippen LogP contribution in [0.5, 0.6) is 0 Å². The second-order valence-electron chi connectivity index (χ2n) is 8.76. The van der Waals surface area contributed by atoms with Crippen molar-refractivity contribution in [1.29, 1.82) is 0 Å². The van der Waals surface area contributed by atoms with Crippen molar-refractivity contribution in [2.75, 3.05) is 37.6 Å². The van der Waals surface area contributed by atoms with Gasteiger partial charge < -0.3 is 19.7 Å². The van der Waals surface area contributed by atoms with Crippen LogP contribution in [-0.2, 0) is 11.3 Å². The molecule has 33 heavy (non-hydrogen) atoms. The van der Waals surface area contributed by atoms with Gasteiger partial charge in [0.05, 0.1) is 17.4 Å². The zero-order valence-corrected chi connectivity index (χ0v) is 19.3. The molecular weight excluding hydrogens is 426 g/mol. The van der Waals surface area contributed by atoms with Gasteiger partial charge in [0.25, 0.3) is 0 Å². The van der Waals surface area contributed by atoms with E-state index in [9.17, 15) is 13.6 Å². The lowest BCUT2D eigenvalue weighted by Crippen LogP contribution is -2.46. The normalized spacial score (nSPS) is 15.9. The molecule has 1 aromatic carbocycles. The molecule has 1 saturated heterocycles. The molecule has 176 valence electrons. The highest BCUT2D eigenvalue weighted by atomic mass is 19.2. The molecule has 9 heteroatoms. The average molecular weight is 457 g/mol. The lowest BCUT2D eigenvalue weighted by molar-refractivity contribution is -0.125. The van der Waals surface area contributed by atoms with Crippen LogP contribution in [0.25, 0.3) is 11.0 Å². The maximum Gasteiger partial charge on any atom is 0.243 e. The first-order chi connectivity index (χ1) is 15.9. The van der Waals surface area contributed by atoms with Gasteiger partial charge in [-0.25, -0.2) is 18.7 Å². The molecule has 1 aliphatic heterocycles. The number of benzene rings is 1. The van der Waals surface area contributed by atoms with Crippen molar-refractivity contribution in [3.8, 4) is 0 Å². The van der Waals surface area contributed by atoms with Crippen molar-refractivity contribution in [3.05, 3.63) is 54.0 Å². The predicted octanol–water partition coefficient (Wildman–Crippen LogP) is 3.36. The van der Waals surface area contributed by atoms with E-state index in [1.165, 1.54) is 6.33 Å². The highest BCUT2D eigenvalue weighted by molar-refractivity contribution is 5.84. The standard InChI is InChI=1S/C24H30F2N6O/c1-4-30-7-9-31(10-8-30)22-6-5-17(13-27-22)14-28-24(33)23(16(2)3)32-15-29-20-11-18(25)19(26)12-21(20)32/h5-6,11-13,15-16,23H,4,7-10,14H2,1-3H3,(H,28,33). The summed E-state index contributed by atoms with van der Waals surface area (Å²) < 4.78 is 29.0. The number of pyridine rings is 1. The number of hydrogen-bond acceptors (Lipinski definition) is 5. The number of hydrogen-bond donors (Lipinski definition) is 1. The highest BCUT2D eigenvalue weighted by Crippen LogP contribution is 2.26. The molecule has 4 rings (SSSR count). The number of likely N-dealkylation sites (N-methyl/N-ethyl adjacent to an activating group) is 1. The largest absolute Gasteiger partial charge is 0.354 e. The number of carbonyl (C=O) groups is 1. The van der Waals surface area contributed by atoms with Gasteiger partial charge in [0.1, 0.15) is 11.9 Å². The number of anilines is 1. The molecule has 0 saturated carbocycles. The van der Waals surface area contributed by atoms with E-state index in [0.717, 1.165) is 56.2 Å². The number of nitrogens with zero attached hydrogens (tertiary/aromatic N) is 5. The second kappa shape index (κ2) is 9.82. The molecule has 0 spiro atoms. The molecule has 1 amide bonds. The van der Waals surface area contributed by atoms with Gasteiger partial charge in [-0.1, -0.05) is 26.8 Å². The molecule has 0 bridgehead atoms. The Morgan fingerprint density at radius 3 is 2.45 bits per heavy atom. The molecule has 2 aromatic heterocycles. The number of fused-ring (bicyclic) bond motifs is 1. The number of carbonyl (C=O) groups excluding carboxylic acids is 1. The Labute approximate surface area is 192 Å². The van der Waals surface area contributed by atoms with Gasteiger partial charge in [0, 0.05) is 51.1 Å². The van der Waals surface area contributed by atoms with E-state index in [1.807, 2.05) is 26.0 Å². The number of halogens is 2. The average Bonchev–Trinajstić information content (AvgIpc) is 3.20. The third-order valence-electron chi connectivity index (χ3n) is 6.24. The molecule has 1 fully saturated rings. The summed E-state index contributed by atoms with van der Waals surface area (Å²) >= 11 is 0. The minimum atomic E-state index is -0.963. The Kier molecular flexibility index (Phi) is 6.88. The molecule has 1 aliphatic rings. The van der Waals surface area contributed by atoms with Crippen molar-refractivity contribution < 1.29 is 13.6 Å². The number of piperazine rings is 1. The fourth-order valence-electron chi connectivity index (χ4n) is 4.29. The molecular formula is C24H30F2N6O. The van der Waals surface area contributed by atoms with Gasteiger partial charge in [0.2, 0.25) is 5.91 Å². The highest BCUT2D eigenvalue weighted by Gasteiger charge is 2.26. The maximum absolute atomic E-state index is 13.8. The van der Waals surface area contributed by atoms with Crippen LogP contribution < -0.4 is 10.2 Å². The van der Waals surface area contributed by atoms with Crippen molar-refractivity contribution >= 4 is 22.8 Å². The van der Waals surface area contributed by atoms with Gasteiger partial charge in [-0.3, -0.25) is 4.79 Å². The Balaban J connectivity index is 1.42. The van der Waals surface area contributed by atoms with E-state index in [4.69, 9.17) is 0 Å². The first-order valence-corrected chi connectivity index (χ1v) is 11.4. The van der Waals surface area contributed by atoms with E-state index >= 15 is 0 Å². The first kappa shape index (κ1) is 23.1. The molecule has 1 unspecified atom stereocenters. The first-order valence-electron chi connectivity index (χ1n) is 11.4. The van der Waals surface area contributed by atoms with E-state index in [-0.39, 0.29) is 11.8 Å². The van der Waals surface area contributed by atoms with E-state index < -0.39 is 17.7 Å². The van der Waals surface area contributed by atoms with Crippen LogP contribution >= 0.6 is 0 Å². The molecule has 7 nitrogen and oxygen atoms in total. The van der Waals surface area contributed by atoms with Gasteiger partial charge in [-0.05, 0) is 24.1 Å². The van der Waals surface area contributed by atoms with E-state index in [0.29, 0.717) is 17.6 Å². The number of aromatic nitrogens is 3. The van der Waals surface area contributed by atoms with Crippen LogP contribution in [0.2, 0.25) is 0 Å². The summed E-state index contributed by atoms with van der Waals surface area (Å²) in [6.45, 7) is 11.4. The SMILES string of the molecule is CCN1CCN(c2ccc(CNC(=O)C(C(C)C)n3cnc4cc(F)c(F)cc43)cn2)CC1. The van der Waals surface area contributed by atoms with Gasteiger partial charge in [-0.2, -0.15) is 0 Å². The Hall–Kier alpha value is -3.07. The van der Waals surface area contributed by atoms with Crippen molar-refractivity contribution in [2.24, 2.45) is 5.92 Å². The monoisotopic (exact) mass is 456 g/mol. The van der Waals surface area contributed by atoms with Crippen molar-refractivity contribution in [3.63, 3.8) is 0 Å². The molecule has 3 heterocycles. The summed E-state index contributed by atoms with van der Waals surface area (Å²) in [7, 11) is 0. The fraction of sp³-hybridized carbons (Fsp3) is 0.458. The summed E-state index contributed by atoms with van der Waals surface area (Å²) in [5.74, 6) is -1.28. The van der Waals surface area contributed by atoms with Crippen LogP contribution in [0.4, 0.5) is 14.6 Å². The zero-order chi connectivity index (χ0) is 23.5. The molecule has 1 atom stereocenters. The van der Waals surface area contributed by atoms with Gasteiger partial charge >= 0.3 is 0 Å². The summed E-state index contributed by atoms with van der Waals surface area (Å²) in [5.41, 5.74) is 1.59. The molecule has 3 aromatic rings. The number of imidazole rings is 1. The number of amides is 1. The summed E-state index contributed by atoms with van der Waals surface area (Å²) in [6, 6.07) is 5.49. The van der Waals surface area contributed by atoms with Crippen molar-refractivity contribution in [1.82, 2.24) is 24.8 Å². The van der Waals surface area contributed by atoms with Crippen molar-refractivity contribution in [2.45, 2.75) is 33.4 Å².